The third kappa shape index (κ3) is 3.36. The number of nitro groups is 1. The van der Waals surface area contributed by atoms with Crippen LogP contribution in [0.25, 0.3) is 0 Å². The van der Waals surface area contributed by atoms with Crippen LogP contribution in [0.2, 0.25) is 0 Å². The lowest BCUT2D eigenvalue weighted by atomic mass is 9.93. The van der Waals surface area contributed by atoms with Gasteiger partial charge >= 0.3 is 5.69 Å². The van der Waals surface area contributed by atoms with Gasteiger partial charge < -0.3 is 15.4 Å². The topological polar surface area (TPSA) is 89.3 Å². The van der Waals surface area contributed by atoms with Gasteiger partial charge in [-0.1, -0.05) is 0 Å². The van der Waals surface area contributed by atoms with Crippen molar-refractivity contribution in [3.63, 3.8) is 0 Å². The highest BCUT2D eigenvalue weighted by atomic mass is 16.6. The predicted octanol–water partition coefficient (Wildman–Crippen LogP) is 2.26. The Bertz CT molecular complexity index is 475. The molecule has 110 valence electrons. The van der Waals surface area contributed by atoms with Crippen molar-refractivity contribution in [3.05, 3.63) is 22.2 Å². The molecule has 2 N–H and O–H groups in total. The SMILES string of the molecule is CNc1ccc([N+](=O)[O-])c(NC(C)C2CCOCC2)n1. The number of anilines is 2. The minimum Gasteiger partial charge on any atom is -0.381 e. The quantitative estimate of drug-likeness (QED) is 0.635. The van der Waals surface area contributed by atoms with E-state index in [0.717, 1.165) is 26.1 Å². The molecular weight excluding hydrogens is 260 g/mol. The molecule has 0 bridgehead atoms. The van der Waals surface area contributed by atoms with Crippen LogP contribution in [0.15, 0.2) is 12.1 Å². The smallest absolute Gasteiger partial charge is 0.311 e. The van der Waals surface area contributed by atoms with Gasteiger partial charge in [0.1, 0.15) is 5.82 Å². The van der Waals surface area contributed by atoms with E-state index in [1.54, 1.807) is 13.1 Å². The van der Waals surface area contributed by atoms with Crippen LogP contribution in [-0.2, 0) is 4.74 Å². The Labute approximate surface area is 117 Å². The first kappa shape index (κ1) is 14.5. The molecule has 1 aromatic rings. The van der Waals surface area contributed by atoms with Crippen LogP contribution in [0, 0.1) is 16.0 Å². The van der Waals surface area contributed by atoms with Crippen molar-refractivity contribution >= 4 is 17.3 Å². The van der Waals surface area contributed by atoms with E-state index in [1.807, 2.05) is 6.92 Å². The van der Waals surface area contributed by atoms with E-state index in [0.29, 0.717) is 17.6 Å². The molecule has 0 amide bonds. The summed E-state index contributed by atoms with van der Waals surface area (Å²) in [6.45, 7) is 3.54. The molecule has 1 fully saturated rings. The Morgan fingerprint density at radius 1 is 1.45 bits per heavy atom. The van der Waals surface area contributed by atoms with Crippen LogP contribution in [0.1, 0.15) is 19.8 Å². The van der Waals surface area contributed by atoms with Gasteiger partial charge in [0, 0.05) is 32.4 Å². The second kappa shape index (κ2) is 6.51. The van der Waals surface area contributed by atoms with Crippen LogP contribution in [0.4, 0.5) is 17.3 Å². The van der Waals surface area contributed by atoms with E-state index in [9.17, 15) is 10.1 Å². The highest BCUT2D eigenvalue weighted by molar-refractivity contribution is 5.60. The second-order valence-electron chi connectivity index (χ2n) is 4.95. The predicted molar refractivity (Wildman–Crippen MR) is 77.1 cm³/mol. The number of hydrogen-bond donors (Lipinski definition) is 2. The molecule has 20 heavy (non-hydrogen) atoms. The Morgan fingerprint density at radius 2 is 2.15 bits per heavy atom. The molecule has 7 heteroatoms. The molecule has 2 rings (SSSR count). The normalized spacial score (nSPS) is 17.5. The summed E-state index contributed by atoms with van der Waals surface area (Å²) in [5, 5.41) is 17.1. The van der Waals surface area contributed by atoms with E-state index in [1.165, 1.54) is 6.07 Å². The van der Waals surface area contributed by atoms with Crippen LogP contribution in [0.5, 0.6) is 0 Å². The lowest BCUT2D eigenvalue weighted by molar-refractivity contribution is -0.384. The summed E-state index contributed by atoms with van der Waals surface area (Å²) in [6.07, 6.45) is 1.93. The summed E-state index contributed by atoms with van der Waals surface area (Å²) in [7, 11) is 1.74. The van der Waals surface area contributed by atoms with Crippen molar-refractivity contribution in [2.45, 2.75) is 25.8 Å². The average molecular weight is 280 g/mol. The molecule has 0 saturated carbocycles. The number of pyridine rings is 1. The lowest BCUT2D eigenvalue weighted by Crippen LogP contribution is -2.31. The Balaban J connectivity index is 2.15. The summed E-state index contributed by atoms with van der Waals surface area (Å²) < 4.78 is 5.34. The number of nitrogens with one attached hydrogen (secondary N) is 2. The van der Waals surface area contributed by atoms with E-state index in [4.69, 9.17) is 4.74 Å². The molecular formula is C13H20N4O3. The Hall–Kier alpha value is -1.89. The Morgan fingerprint density at radius 3 is 2.75 bits per heavy atom. The summed E-state index contributed by atoms with van der Waals surface area (Å²) in [5.74, 6) is 1.38. The van der Waals surface area contributed by atoms with Gasteiger partial charge in [-0.3, -0.25) is 10.1 Å². The molecule has 1 unspecified atom stereocenters. The number of rotatable bonds is 5. The number of aromatic nitrogens is 1. The molecule has 2 heterocycles. The summed E-state index contributed by atoms with van der Waals surface area (Å²) >= 11 is 0. The number of ether oxygens (including phenoxy) is 1. The third-order valence-electron chi connectivity index (χ3n) is 3.66. The molecule has 1 aliphatic heterocycles. The van der Waals surface area contributed by atoms with E-state index in [-0.39, 0.29) is 11.7 Å². The van der Waals surface area contributed by atoms with Crippen molar-refractivity contribution in [3.8, 4) is 0 Å². The fourth-order valence-corrected chi connectivity index (χ4v) is 2.39. The van der Waals surface area contributed by atoms with Gasteiger partial charge in [-0.2, -0.15) is 0 Å². The fraction of sp³-hybridized carbons (Fsp3) is 0.615. The van der Waals surface area contributed by atoms with E-state index >= 15 is 0 Å². The molecule has 7 nitrogen and oxygen atoms in total. The lowest BCUT2D eigenvalue weighted by Gasteiger charge is -2.28. The van der Waals surface area contributed by atoms with E-state index < -0.39 is 4.92 Å². The summed E-state index contributed by atoms with van der Waals surface area (Å²) in [4.78, 5) is 14.9. The van der Waals surface area contributed by atoms with Gasteiger partial charge in [-0.05, 0) is 31.7 Å². The maximum atomic E-state index is 11.1. The van der Waals surface area contributed by atoms with Gasteiger partial charge in [0.25, 0.3) is 0 Å². The molecule has 0 aromatic carbocycles. The average Bonchev–Trinajstić information content (AvgIpc) is 2.47. The standard InChI is InChI=1S/C13H20N4O3/c1-9(10-5-7-20-8-6-10)15-13-11(17(18)19)3-4-12(14-2)16-13/h3-4,9-10H,5-8H2,1-2H3,(H2,14,15,16). The molecule has 1 aromatic heterocycles. The highest BCUT2D eigenvalue weighted by Crippen LogP contribution is 2.27. The molecule has 1 atom stereocenters. The van der Waals surface area contributed by atoms with Crippen molar-refractivity contribution in [2.75, 3.05) is 30.9 Å². The maximum Gasteiger partial charge on any atom is 0.311 e. The second-order valence-corrected chi connectivity index (χ2v) is 4.95. The molecule has 0 radical (unpaired) electrons. The zero-order valence-corrected chi connectivity index (χ0v) is 11.8. The van der Waals surface area contributed by atoms with Gasteiger partial charge in [-0.25, -0.2) is 4.98 Å². The first-order chi connectivity index (χ1) is 9.61. The fourth-order valence-electron chi connectivity index (χ4n) is 2.39. The largest absolute Gasteiger partial charge is 0.381 e. The number of nitrogens with zero attached hydrogens (tertiary/aromatic N) is 2. The molecule has 1 aliphatic rings. The van der Waals surface area contributed by atoms with Crippen LogP contribution < -0.4 is 10.6 Å². The third-order valence-corrected chi connectivity index (χ3v) is 3.66. The molecule has 0 spiro atoms. The van der Waals surface area contributed by atoms with Crippen molar-refractivity contribution in [1.29, 1.82) is 0 Å². The molecule has 1 saturated heterocycles. The first-order valence-electron chi connectivity index (χ1n) is 6.79. The van der Waals surface area contributed by atoms with Crippen LogP contribution in [-0.4, -0.2) is 36.2 Å². The zero-order chi connectivity index (χ0) is 14.5. The Kier molecular flexibility index (Phi) is 4.73. The van der Waals surface area contributed by atoms with Crippen molar-refractivity contribution in [1.82, 2.24) is 4.98 Å². The number of hydrogen-bond acceptors (Lipinski definition) is 6. The van der Waals surface area contributed by atoms with Crippen molar-refractivity contribution < 1.29 is 9.66 Å². The minimum absolute atomic E-state index is 0.00269. The van der Waals surface area contributed by atoms with Crippen molar-refractivity contribution in [2.24, 2.45) is 5.92 Å². The summed E-state index contributed by atoms with van der Waals surface area (Å²) in [6, 6.07) is 3.19. The van der Waals surface area contributed by atoms with Gasteiger partial charge in [0.15, 0.2) is 0 Å². The zero-order valence-electron chi connectivity index (χ0n) is 11.8. The van der Waals surface area contributed by atoms with Gasteiger partial charge in [0.05, 0.1) is 4.92 Å². The summed E-state index contributed by atoms with van der Waals surface area (Å²) in [5.41, 5.74) is 0.00269. The highest BCUT2D eigenvalue weighted by Gasteiger charge is 2.24. The van der Waals surface area contributed by atoms with Gasteiger partial charge in [0.2, 0.25) is 5.82 Å². The van der Waals surface area contributed by atoms with Crippen LogP contribution in [0.3, 0.4) is 0 Å². The minimum atomic E-state index is -0.411. The van der Waals surface area contributed by atoms with E-state index in [2.05, 4.69) is 15.6 Å². The van der Waals surface area contributed by atoms with Gasteiger partial charge in [-0.15, -0.1) is 0 Å². The monoisotopic (exact) mass is 280 g/mol. The van der Waals surface area contributed by atoms with Crippen LogP contribution >= 0.6 is 0 Å². The molecule has 0 aliphatic carbocycles. The maximum absolute atomic E-state index is 11.1. The first-order valence-corrected chi connectivity index (χ1v) is 6.79.